The number of benzene rings is 1. The molecule has 0 aliphatic carbocycles. The van der Waals surface area contributed by atoms with E-state index in [1.165, 1.54) is 6.20 Å². The van der Waals surface area contributed by atoms with Crippen LogP contribution in [-0.4, -0.2) is 15.8 Å². The molecule has 1 aromatic carbocycles. The van der Waals surface area contributed by atoms with E-state index in [1.807, 2.05) is 6.07 Å². The standard InChI is InChI=1S/C13H9BrClNO2/c14-13(12(17)9-4-2-1-3-5-9)18-10-6-7-16-11(15)8-10/h1-8,13H. The highest BCUT2D eigenvalue weighted by molar-refractivity contribution is 9.09. The summed E-state index contributed by atoms with van der Waals surface area (Å²) in [5, 5.41) is -0.433. The fraction of sp³-hybridized carbons (Fsp3) is 0.0769. The number of ketones is 1. The van der Waals surface area contributed by atoms with Crippen LogP contribution in [0.25, 0.3) is 0 Å². The summed E-state index contributed by atoms with van der Waals surface area (Å²) in [7, 11) is 0. The number of aromatic nitrogens is 1. The number of Topliss-reactive ketones (excluding diaryl/α,β-unsaturated/α-hetero) is 1. The second-order valence-corrected chi connectivity index (χ2v) is 4.70. The Balaban J connectivity index is 2.09. The van der Waals surface area contributed by atoms with Gasteiger partial charge in [-0.1, -0.05) is 41.9 Å². The molecule has 0 bridgehead atoms. The molecule has 5 heteroatoms. The number of hydrogen-bond donors (Lipinski definition) is 0. The lowest BCUT2D eigenvalue weighted by Gasteiger charge is -2.12. The van der Waals surface area contributed by atoms with Gasteiger partial charge in [0.15, 0.2) is 0 Å². The zero-order valence-electron chi connectivity index (χ0n) is 9.22. The average Bonchev–Trinajstić information content (AvgIpc) is 2.39. The number of carbonyl (C=O) groups excluding carboxylic acids is 1. The third-order valence-corrected chi connectivity index (χ3v) is 3.01. The van der Waals surface area contributed by atoms with E-state index in [2.05, 4.69) is 20.9 Å². The topological polar surface area (TPSA) is 39.2 Å². The molecule has 0 fully saturated rings. The Kier molecular flexibility index (Phi) is 4.33. The van der Waals surface area contributed by atoms with Crippen LogP contribution < -0.4 is 4.74 Å². The molecule has 2 rings (SSSR count). The molecule has 92 valence electrons. The van der Waals surface area contributed by atoms with Crippen molar-refractivity contribution in [3.63, 3.8) is 0 Å². The molecule has 1 heterocycles. The maximum Gasteiger partial charge on any atom is 0.215 e. The molecule has 2 aromatic rings. The van der Waals surface area contributed by atoms with Crippen molar-refractivity contribution < 1.29 is 9.53 Å². The predicted molar refractivity (Wildman–Crippen MR) is 73.4 cm³/mol. The molecule has 0 aliphatic heterocycles. The lowest BCUT2D eigenvalue weighted by molar-refractivity contribution is 0.0897. The van der Waals surface area contributed by atoms with E-state index in [0.29, 0.717) is 16.5 Å². The molecule has 3 nitrogen and oxygen atoms in total. The molecule has 0 aliphatic rings. The Morgan fingerprint density at radius 3 is 2.67 bits per heavy atom. The number of nitrogens with zero attached hydrogens (tertiary/aromatic N) is 1. The van der Waals surface area contributed by atoms with Crippen LogP contribution in [0.3, 0.4) is 0 Å². The predicted octanol–water partition coefficient (Wildman–Crippen LogP) is 3.72. The second-order valence-electron chi connectivity index (χ2n) is 3.48. The first-order valence-corrected chi connectivity index (χ1v) is 6.48. The van der Waals surface area contributed by atoms with Crippen LogP contribution in [0.15, 0.2) is 48.7 Å². The summed E-state index contributed by atoms with van der Waals surface area (Å²) >= 11 is 8.94. The summed E-state index contributed by atoms with van der Waals surface area (Å²) < 4.78 is 5.45. The van der Waals surface area contributed by atoms with Crippen molar-refractivity contribution in [2.75, 3.05) is 0 Å². The molecular formula is C13H9BrClNO2. The van der Waals surface area contributed by atoms with Crippen molar-refractivity contribution in [1.82, 2.24) is 4.98 Å². The molecule has 0 saturated carbocycles. The van der Waals surface area contributed by atoms with Crippen molar-refractivity contribution >= 4 is 33.3 Å². The van der Waals surface area contributed by atoms with Gasteiger partial charge in [-0.15, -0.1) is 0 Å². The largest absolute Gasteiger partial charge is 0.471 e. The fourth-order valence-corrected chi connectivity index (χ4v) is 2.01. The van der Waals surface area contributed by atoms with Crippen molar-refractivity contribution in [1.29, 1.82) is 0 Å². The molecule has 0 radical (unpaired) electrons. The molecule has 0 saturated heterocycles. The van der Waals surface area contributed by atoms with Crippen LogP contribution in [0.2, 0.25) is 5.15 Å². The van der Waals surface area contributed by atoms with E-state index < -0.39 is 5.01 Å². The van der Waals surface area contributed by atoms with Crippen LogP contribution in [-0.2, 0) is 0 Å². The van der Waals surface area contributed by atoms with Gasteiger partial charge >= 0.3 is 0 Å². The lowest BCUT2D eigenvalue weighted by Crippen LogP contribution is -2.20. The molecule has 0 spiro atoms. The number of carbonyl (C=O) groups is 1. The van der Waals surface area contributed by atoms with Gasteiger partial charge in [0.25, 0.3) is 0 Å². The highest BCUT2D eigenvalue weighted by atomic mass is 79.9. The van der Waals surface area contributed by atoms with Gasteiger partial charge in [0, 0.05) is 17.8 Å². The van der Waals surface area contributed by atoms with Gasteiger partial charge in [-0.25, -0.2) is 4.98 Å². The number of pyridine rings is 1. The van der Waals surface area contributed by atoms with Gasteiger partial charge in [0.2, 0.25) is 10.8 Å². The van der Waals surface area contributed by atoms with Crippen molar-refractivity contribution in [3.05, 3.63) is 59.4 Å². The van der Waals surface area contributed by atoms with E-state index in [-0.39, 0.29) is 5.78 Å². The number of alkyl halides is 1. The monoisotopic (exact) mass is 325 g/mol. The van der Waals surface area contributed by atoms with Gasteiger partial charge < -0.3 is 4.74 Å². The lowest BCUT2D eigenvalue weighted by atomic mass is 10.1. The van der Waals surface area contributed by atoms with E-state index in [9.17, 15) is 4.79 Å². The van der Waals surface area contributed by atoms with E-state index in [1.54, 1.807) is 36.4 Å². The van der Waals surface area contributed by atoms with Crippen LogP contribution in [0.1, 0.15) is 10.4 Å². The Morgan fingerprint density at radius 2 is 2.00 bits per heavy atom. The Bertz CT molecular complexity index is 548. The molecule has 0 N–H and O–H groups in total. The van der Waals surface area contributed by atoms with Gasteiger partial charge in [-0.05, 0) is 22.0 Å². The summed E-state index contributed by atoms with van der Waals surface area (Å²) in [6.45, 7) is 0. The van der Waals surface area contributed by atoms with Gasteiger partial charge in [-0.2, -0.15) is 0 Å². The third kappa shape index (κ3) is 3.31. The van der Waals surface area contributed by atoms with Crippen LogP contribution in [0.4, 0.5) is 0 Å². The summed E-state index contributed by atoms with van der Waals surface area (Å²) in [5.74, 6) is 0.338. The maximum absolute atomic E-state index is 12.0. The zero-order chi connectivity index (χ0) is 13.0. The minimum atomic E-state index is -0.752. The first-order valence-electron chi connectivity index (χ1n) is 5.18. The Labute approximate surface area is 118 Å². The highest BCUT2D eigenvalue weighted by Gasteiger charge is 2.18. The van der Waals surface area contributed by atoms with Crippen molar-refractivity contribution in [2.24, 2.45) is 0 Å². The summed E-state index contributed by atoms with van der Waals surface area (Å²) in [6, 6.07) is 12.1. The van der Waals surface area contributed by atoms with Gasteiger partial charge in [0.1, 0.15) is 10.9 Å². The maximum atomic E-state index is 12.0. The summed E-state index contributed by atoms with van der Waals surface area (Å²) in [4.78, 5) is 15.8. The minimum Gasteiger partial charge on any atom is -0.471 e. The molecule has 0 amide bonds. The van der Waals surface area contributed by atoms with E-state index >= 15 is 0 Å². The summed E-state index contributed by atoms with van der Waals surface area (Å²) in [5.41, 5.74) is 0.583. The fourth-order valence-electron chi connectivity index (χ4n) is 1.36. The second kappa shape index (κ2) is 5.98. The normalized spacial score (nSPS) is 11.9. The Morgan fingerprint density at radius 1 is 1.28 bits per heavy atom. The van der Waals surface area contributed by atoms with Gasteiger partial charge in [0.05, 0.1) is 0 Å². The minimum absolute atomic E-state index is 0.150. The molecule has 18 heavy (non-hydrogen) atoms. The number of ether oxygens (including phenoxy) is 1. The molecular weight excluding hydrogens is 318 g/mol. The van der Waals surface area contributed by atoms with Crippen LogP contribution in [0, 0.1) is 0 Å². The Hall–Kier alpha value is -1.39. The molecule has 1 aromatic heterocycles. The van der Waals surface area contributed by atoms with Gasteiger partial charge in [-0.3, -0.25) is 4.79 Å². The highest BCUT2D eigenvalue weighted by Crippen LogP contribution is 2.19. The van der Waals surface area contributed by atoms with Crippen LogP contribution >= 0.6 is 27.5 Å². The first-order chi connectivity index (χ1) is 8.66. The first kappa shape index (κ1) is 13.1. The zero-order valence-corrected chi connectivity index (χ0v) is 11.6. The quantitative estimate of drug-likeness (QED) is 0.488. The summed E-state index contributed by atoms with van der Waals surface area (Å²) in [6.07, 6.45) is 1.52. The molecule has 1 unspecified atom stereocenters. The SMILES string of the molecule is O=C(c1ccccc1)C(Br)Oc1ccnc(Cl)c1. The third-order valence-electron chi connectivity index (χ3n) is 2.20. The van der Waals surface area contributed by atoms with Crippen molar-refractivity contribution in [2.45, 2.75) is 5.01 Å². The van der Waals surface area contributed by atoms with E-state index in [4.69, 9.17) is 16.3 Å². The van der Waals surface area contributed by atoms with Crippen molar-refractivity contribution in [3.8, 4) is 5.75 Å². The number of rotatable bonds is 4. The average molecular weight is 327 g/mol. The number of hydrogen-bond acceptors (Lipinski definition) is 3. The van der Waals surface area contributed by atoms with E-state index in [0.717, 1.165) is 0 Å². The smallest absolute Gasteiger partial charge is 0.215 e. The van der Waals surface area contributed by atoms with Crippen LogP contribution in [0.5, 0.6) is 5.75 Å². The molecule has 1 atom stereocenters. The number of halogens is 2.